The lowest BCUT2D eigenvalue weighted by atomic mass is 9.98. The molecule has 0 aliphatic carbocycles. The highest BCUT2D eigenvalue weighted by Crippen LogP contribution is 2.25. The molecule has 0 unspecified atom stereocenters. The standard InChI is InChI=1S/C25H23N3O4/c1-3-28-21-14-11-18(15-20(21)26-24(30)25(28)31)23(29)27-22(16-7-5-4-6-8-16)17-9-12-19(32-2)13-10-17/h4-15,22H,3H2,1-2H3,(H,26,30)(H,27,29)/t22-/m0/s1. The zero-order chi connectivity index (χ0) is 22.7. The van der Waals surface area contributed by atoms with Crippen LogP contribution in [0.2, 0.25) is 0 Å². The summed E-state index contributed by atoms with van der Waals surface area (Å²) in [6.07, 6.45) is 0. The number of H-pyrrole nitrogens is 1. The Hall–Kier alpha value is -4.13. The summed E-state index contributed by atoms with van der Waals surface area (Å²) in [6.45, 7) is 2.15. The fraction of sp³-hybridized carbons (Fsp3) is 0.160. The van der Waals surface area contributed by atoms with Gasteiger partial charge in [0.05, 0.1) is 24.2 Å². The number of nitrogens with zero attached hydrogens (tertiary/aromatic N) is 1. The number of nitrogens with one attached hydrogen (secondary N) is 2. The van der Waals surface area contributed by atoms with Gasteiger partial charge in [-0.15, -0.1) is 0 Å². The van der Waals surface area contributed by atoms with E-state index in [0.29, 0.717) is 23.1 Å². The van der Waals surface area contributed by atoms with Crippen molar-refractivity contribution in [2.75, 3.05) is 7.11 Å². The molecule has 162 valence electrons. The summed E-state index contributed by atoms with van der Waals surface area (Å²) < 4.78 is 6.63. The maximum atomic E-state index is 13.2. The predicted octanol–water partition coefficient (Wildman–Crippen LogP) is 3.24. The van der Waals surface area contributed by atoms with E-state index in [0.717, 1.165) is 16.9 Å². The van der Waals surface area contributed by atoms with Crippen LogP contribution in [0.4, 0.5) is 0 Å². The minimum Gasteiger partial charge on any atom is -0.497 e. The van der Waals surface area contributed by atoms with Gasteiger partial charge in [-0.3, -0.25) is 14.4 Å². The van der Waals surface area contributed by atoms with Crippen LogP contribution in [0.1, 0.15) is 34.5 Å². The van der Waals surface area contributed by atoms with Crippen molar-refractivity contribution in [1.29, 1.82) is 0 Å². The van der Waals surface area contributed by atoms with Crippen LogP contribution < -0.4 is 21.2 Å². The second kappa shape index (κ2) is 8.93. The number of fused-ring (bicyclic) bond motifs is 1. The second-order valence-electron chi connectivity index (χ2n) is 7.33. The number of benzene rings is 3. The number of amides is 1. The van der Waals surface area contributed by atoms with E-state index < -0.39 is 11.1 Å². The normalized spacial score (nSPS) is 11.8. The second-order valence-corrected chi connectivity index (χ2v) is 7.33. The van der Waals surface area contributed by atoms with Crippen LogP contribution >= 0.6 is 0 Å². The van der Waals surface area contributed by atoms with Crippen molar-refractivity contribution >= 4 is 16.9 Å². The monoisotopic (exact) mass is 429 g/mol. The Balaban J connectivity index is 1.71. The van der Waals surface area contributed by atoms with E-state index in [1.165, 1.54) is 4.57 Å². The maximum absolute atomic E-state index is 13.2. The number of ether oxygens (including phenoxy) is 1. The van der Waals surface area contributed by atoms with Gasteiger partial charge in [0.1, 0.15) is 5.75 Å². The first-order valence-electron chi connectivity index (χ1n) is 10.3. The molecule has 7 heteroatoms. The lowest BCUT2D eigenvalue weighted by Gasteiger charge is -2.20. The molecule has 1 atom stereocenters. The molecule has 3 aromatic carbocycles. The molecule has 32 heavy (non-hydrogen) atoms. The largest absolute Gasteiger partial charge is 0.497 e. The van der Waals surface area contributed by atoms with Crippen molar-refractivity contribution in [3.05, 3.63) is 110 Å². The molecule has 0 aliphatic rings. The van der Waals surface area contributed by atoms with Gasteiger partial charge >= 0.3 is 11.1 Å². The minimum absolute atomic E-state index is 0.299. The predicted molar refractivity (Wildman–Crippen MR) is 123 cm³/mol. The van der Waals surface area contributed by atoms with E-state index in [-0.39, 0.29) is 11.9 Å². The zero-order valence-electron chi connectivity index (χ0n) is 17.8. The molecule has 4 aromatic rings. The number of aryl methyl sites for hydroxylation is 1. The summed E-state index contributed by atoms with van der Waals surface area (Å²) in [4.78, 5) is 39.8. The summed E-state index contributed by atoms with van der Waals surface area (Å²) in [5.74, 6) is 0.430. The van der Waals surface area contributed by atoms with Gasteiger partial charge < -0.3 is 19.6 Å². The molecular formula is C25H23N3O4. The average molecular weight is 429 g/mol. The van der Waals surface area contributed by atoms with Crippen LogP contribution in [0.3, 0.4) is 0 Å². The van der Waals surface area contributed by atoms with Crippen LogP contribution in [0, 0.1) is 0 Å². The summed E-state index contributed by atoms with van der Waals surface area (Å²) in [5, 5.41) is 3.08. The zero-order valence-corrected chi connectivity index (χ0v) is 17.8. The molecule has 7 nitrogen and oxygen atoms in total. The minimum atomic E-state index is -0.711. The van der Waals surface area contributed by atoms with Gasteiger partial charge in [0.25, 0.3) is 5.91 Å². The molecule has 0 radical (unpaired) electrons. The van der Waals surface area contributed by atoms with Crippen LogP contribution in [-0.2, 0) is 6.54 Å². The molecule has 0 saturated carbocycles. The Labute approximate surface area is 184 Å². The van der Waals surface area contributed by atoms with E-state index in [4.69, 9.17) is 4.74 Å². The van der Waals surface area contributed by atoms with Gasteiger partial charge in [0.15, 0.2) is 0 Å². The fourth-order valence-electron chi connectivity index (χ4n) is 3.75. The molecule has 1 heterocycles. The van der Waals surface area contributed by atoms with E-state index >= 15 is 0 Å². The van der Waals surface area contributed by atoms with Crippen molar-refractivity contribution < 1.29 is 9.53 Å². The summed E-state index contributed by atoms with van der Waals surface area (Å²) in [6, 6.07) is 21.7. The number of hydrogen-bond donors (Lipinski definition) is 2. The third-order valence-corrected chi connectivity index (χ3v) is 5.41. The molecule has 0 spiro atoms. The summed E-state index contributed by atoms with van der Waals surface area (Å²) in [5.41, 5.74) is 1.90. The number of hydrogen-bond acceptors (Lipinski definition) is 4. The molecule has 0 saturated heterocycles. The van der Waals surface area contributed by atoms with Gasteiger partial charge in [-0.1, -0.05) is 42.5 Å². The molecule has 1 amide bonds. The number of aromatic nitrogens is 2. The summed E-state index contributed by atoms with van der Waals surface area (Å²) in [7, 11) is 1.60. The van der Waals surface area contributed by atoms with Gasteiger partial charge in [-0.25, -0.2) is 0 Å². The molecule has 4 rings (SSSR count). The van der Waals surface area contributed by atoms with Crippen LogP contribution in [0.25, 0.3) is 11.0 Å². The smallest absolute Gasteiger partial charge is 0.316 e. The number of methoxy groups -OCH3 is 1. The summed E-state index contributed by atoms with van der Waals surface area (Å²) >= 11 is 0. The van der Waals surface area contributed by atoms with Gasteiger partial charge in [-0.2, -0.15) is 0 Å². The maximum Gasteiger partial charge on any atom is 0.316 e. The Morgan fingerprint density at radius 1 is 1.00 bits per heavy atom. The van der Waals surface area contributed by atoms with Crippen LogP contribution in [0.5, 0.6) is 5.75 Å². The SMILES string of the molecule is CCn1c(=O)c(=O)[nH]c2cc(C(=O)N[C@@H](c3ccccc3)c3ccc(OC)cc3)ccc21. The van der Waals surface area contributed by atoms with Crippen molar-refractivity contribution in [3.63, 3.8) is 0 Å². The molecular weight excluding hydrogens is 406 g/mol. The third-order valence-electron chi connectivity index (χ3n) is 5.41. The topological polar surface area (TPSA) is 93.2 Å². The Kier molecular flexibility index (Phi) is 5.89. The van der Waals surface area contributed by atoms with Crippen molar-refractivity contribution in [2.45, 2.75) is 19.5 Å². The highest BCUT2D eigenvalue weighted by Gasteiger charge is 2.19. The van der Waals surface area contributed by atoms with E-state index in [1.54, 1.807) is 32.2 Å². The number of carbonyl (C=O) groups is 1. The van der Waals surface area contributed by atoms with Gasteiger partial charge in [0.2, 0.25) is 0 Å². The van der Waals surface area contributed by atoms with E-state index in [1.807, 2.05) is 54.6 Å². The van der Waals surface area contributed by atoms with Crippen molar-refractivity contribution in [1.82, 2.24) is 14.9 Å². The Morgan fingerprint density at radius 3 is 2.34 bits per heavy atom. The van der Waals surface area contributed by atoms with Crippen molar-refractivity contribution in [3.8, 4) is 5.75 Å². The first-order chi connectivity index (χ1) is 15.5. The fourth-order valence-corrected chi connectivity index (χ4v) is 3.75. The molecule has 0 fully saturated rings. The highest BCUT2D eigenvalue weighted by atomic mass is 16.5. The van der Waals surface area contributed by atoms with E-state index in [9.17, 15) is 14.4 Å². The molecule has 2 N–H and O–H groups in total. The first-order valence-corrected chi connectivity index (χ1v) is 10.3. The van der Waals surface area contributed by atoms with Crippen molar-refractivity contribution in [2.24, 2.45) is 0 Å². The highest BCUT2D eigenvalue weighted by molar-refractivity contribution is 5.97. The Morgan fingerprint density at radius 2 is 1.69 bits per heavy atom. The average Bonchev–Trinajstić information content (AvgIpc) is 2.83. The first kappa shape index (κ1) is 21.1. The lowest BCUT2D eigenvalue weighted by Crippen LogP contribution is -2.36. The van der Waals surface area contributed by atoms with Crippen LogP contribution in [0.15, 0.2) is 82.4 Å². The quantitative estimate of drug-likeness (QED) is 0.460. The number of aromatic amines is 1. The lowest BCUT2D eigenvalue weighted by molar-refractivity contribution is 0.0943. The number of rotatable bonds is 6. The van der Waals surface area contributed by atoms with Gasteiger partial charge in [-0.05, 0) is 48.4 Å². The van der Waals surface area contributed by atoms with E-state index in [2.05, 4.69) is 10.3 Å². The Bertz CT molecular complexity index is 1370. The molecule has 1 aromatic heterocycles. The molecule has 0 bridgehead atoms. The molecule has 0 aliphatic heterocycles. The third kappa shape index (κ3) is 4.05. The van der Waals surface area contributed by atoms with Gasteiger partial charge in [0, 0.05) is 12.1 Å². The number of carbonyl (C=O) groups excluding carboxylic acids is 1. The van der Waals surface area contributed by atoms with Crippen LogP contribution in [-0.4, -0.2) is 22.6 Å².